The van der Waals surface area contributed by atoms with E-state index in [-0.39, 0.29) is 23.4 Å². The number of hydrogen-bond acceptors (Lipinski definition) is 2. The largest absolute Gasteiger partial charge is 0.324 e. The van der Waals surface area contributed by atoms with Crippen molar-refractivity contribution in [3.8, 4) is 0 Å². The summed E-state index contributed by atoms with van der Waals surface area (Å²) in [4.78, 5) is 25.6. The number of carbonyl (C=O) groups is 2. The molecule has 0 radical (unpaired) electrons. The normalized spacial score (nSPS) is 10.4. The van der Waals surface area contributed by atoms with Gasteiger partial charge in [-0.1, -0.05) is 41.4 Å². The molecule has 2 amide bonds. The monoisotopic (exact) mass is 364 g/mol. The zero-order valence-corrected chi connectivity index (χ0v) is 15.2. The summed E-state index contributed by atoms with van der Waals surface area (Å²) in [5, 5.41) is 3.40. The average molecular weight is 365 g/mol. The summed E-state index contributed by atoms with van der Waals surface area (Å²) >= 11 is 12.2. The highest BCUT2D eigenvalue weighted by atomic mass is 35.5. The number of amides is 2. The van der Waals surface area contributed by atoms with Gasteiger partial charge in [0.15, 0.2) is 0 Å². The van der Waals surface area contributed by atoms with E-state index in [0.717, 1.165) is 16.8 Å². The number of rotatable bonds is 4. The van der Waals surface area contributed by atoms with Crippen LogP contribution in [0, 0.1) is 13.8 Å². The number of nitrogens with one attached hydrogen (secondary N) is 1. The first-order valence-electron chi connectivity index (χ1n) is 7.39. The zero-order valence-electron chi connectivity index (χ0n) is 13.7. The van der Waals surface area contributed by atoms with Crippen LogP contribution in [0.15, 0.2) is 36.4 Å². The van der Waals surface area contributed by atoms with Gasteiger partial charge in [-0.3, -0.25) is 9.59 Å². The lowest BCUT2D eigenvalue weighted by Gasteiger charge is -2.22. The van der Waals surface area contributed by atoms with Gasteiger partial charge in [-0.25, -0.2) is 0 Å². The lowest BCUT2D eigenvalue weighted by atomic mass is 10.1. The fourth-order valence-corrected chi connectivity index (χ4v) is 2.67. The molecule has 24 heavy (non-hydrogen) atoms. The number of carbonyl (C=O) groups excluding carboxylic acids is 2. The Labute approximate surface area is 151 Å². The van der Waals surface area contributed by atoms with Crippen molar-refractivity contribution in [2.45, 2.75) is 20.8 Å². The highest BCUT2D eigenvalue weighted by Crippen LogP contribution is 2.32. The summed E-state index contributed by atoms with van der Waals surface area (Å²) in [7, 11) is 0. The number of hydrogen-bond donors (Lipinski definition) is 1. The third-order valence-electron chi connectivity index (χ3n) is 3.57. The van der Waals surface area contributed by atoms with Crippen LogP contribution in [0.2, 0.25) is 10.0 Å². The molecule has 0 atom stereocenters. The van der Waals surface area contributed by atoms with Crippen molar-refractivity contribution in [3.63, 3.8) is 0 Å². The van der Waals surface area contributed by atoms with Gasteiger partial charge in [0, 0.05) is 12.6 Å². The molecule has 126 valence electrons. The molecule has 0 spiro atoms. The summed E-state index contributed by atoms with van der Waals surface area (Å²) in [6, 6.07) is 10.8. The second kappa shape index (κ2) is 7.69. The van der Waals surface area contributed by atoms with Crippen molar-refractivity contribution in [2.24, 2.45) is 0 Å². The van der Waals surface area contributed by atoms with Gasteiger partial charge in [0.1, 0.15) is 6.54 Å². The molecule has 0 heterocycles. The third-order valence-corrected chi connectivity index (χ3v) is 4.38. The Morgan fingerprint density at radius 3 is 2.50 bits per heavy atom. The Morgan fingerprint density at radius 2 is 1.83 bits per heavy atom. The smallest absolute Gasteiger partial charge is 0.244 e. The molecule has 0 saturated carbocycles. The predicted molar refractivity (Wildman–Crippen MR) is 99.0 cm³/mol. The fraction of sp³-hybridized carbons (Fsp3) is 0.222. The molecule has 0 fully saturated rings. The van der Waals surface area contributed by atoms with Crippen molar-refractivity contribution < 1.29 is 9.59 Å². The van der Waals surface area contributed by atoms with Crippen LogP contribution in [0.3, 0.4) is 0 Å². The second-order valence-electron chi connectivity index (χ2n) is 5.54. The molecule has 0 aliphatic carbocycles. The molecule has 0 saturated heterocycles. The van der Waals surface area contributed by atoms with E-state index in [1.807, 2.05) is 32.0 Å². The van der Waals surface area contributed by atoms with Gasteiger partial charge in [-0.2, -0.15) is 0 Å². The molecular weight excluding hydrogens is 347 g/mol. The maximum absolute atomic E-state index is 12.4. The SMILES string of the molecule is CC(=O)N(CC(=O)Nc1cc(C)ccc1C)c1cccc(Cl)c1Cl. The lowest BCUT2D eigenvalue weighted by Crippen LogP contribution is -2.37. The Bertz CT molecular complexity index is 791. The Morgan fingerprint density at radius 1 is 1.12 bits per heavy atom. The highest BCUT2D eigenvalue weighted by Gasteiger charge is 2.19. The summed E-state index contributed by atoms with van der Waals surface area (Å²) < 4.78 is 0. The van der Waals surface area contributed by atoms with Crippen LogP contribution in [0.5, 0.6) is 0 Å². The minimum atomic E-state index is -0.310. The topological polar surface area (TPSA) is 49.4 Å². The molecule has 4 nitrogen and oxygen atoms in total. The van der Waals surface area contributed by atoms with Crippen molar-refractivity contribution in [1.29, 1.82) is 0 Å². The molecule has 0 bridgehead atoms. The van der Waals surface area contributed by atoms with Gasteiger partial charge in [0.05, 0.1) is 15.7 Å². The van der Waals surface area contributed by atoms with E-state index in [1.54, 1.807) is 18.2 Å². The second-order valence-corrected chi connectivity index (χ2v) is 6.33. The summed E-state index contributed by atoms with van der Waals surface area (Å²) in [5.41, 5.74) is 3.12. The van der Waals surface area contributed by atoms with E-state index < -0.39 is 0 Å². The number of anilines is 2. The van der Waals surface area contributed by atoms with Gasteiger partial charge in [-0.05, 0) is 43.2 Å². The Kier molecular flexibility index (Phi) is 5.86. The van der Waals surface area contributed by atoms with Gasteiger partial charge in [-0.15, -0.1) is 0 Å². The van der Waals surface area contributed by atoms with E-state index in [0.29, 0.717) is 10.7 Å². The standard InChI is InChI=1S/C18H18Cl2N2O2/c1-11-7-8-12(2)15(9-11)21-17(24)10-22(13(3)23)16-6-4-5-14(19)18(16)20/h4-9H,10H2,1-3H3,(H,21,24). The Hall–Kier alpha value is -2.04. The first-order chi connectivity index (χ1) is 11.3. The van der Waals surface area contributed by atoms with E-state index in [9.17, 15) is 9.59 Å². The van der Waals surface area contributed by atoms with Crippen LogP contribution in [-0.2, 0) is 9.59 Å². The number of benzene rings is 2. The Balaban J connectivity index is 2.22. The van der Waals surface area contributed by atoms with E-state index in [4.69, 9.17) is 23.2 Å². The minimum absolute atomic E-state index is 0.150. The lowest BCUT2D eigenvalue weighted by molar-refractivity contribution is -0.120. The first kappa shape index (κ1) is 18.3. The van der Waals surface area contributed by atoms with Crippen LogP contribution in [0.25, 0.3) is 0 Å². The van der Waals surface area contributed by atoms with Crippen LogP contribution in [-0.4, -0.2) is 18.4 Å². The zero-order chi connectivity index (χ0) is 17.9. The molecule has 2 aromatic carbocycles. The maximum atomic E-state index is 12.4. The van der Waals surface area contributed by atoms with Crippen LogP contribution < -0.4 is 10.2 Å². The fourth-order valence-electron chi connectivity index (χ4n) is 2.27. The number of nitrogens with zero attached hydrogens (tertiary/aromatic N) is 1. The quantitative estimate of drug-likeness (QED) is 0.861. The van der Waals surface area contributed by atoms with E-state index in [2.05, 4.69) is 5.32 Å². The third kappa shape index (κ3) is 4.28. The van der Waals surface area contributed by atoms with Crippen molar-refractivity contribution in [3.05, 3.63) is 57.6 Å². The molecular formula is C18H18Cl2N2O2. The van der Waals surface area contributed by atoms with Crippen molar-refractivity contribution in [1.82, 2.24) is 0 Å². The van der Waals surface area contributed by atoms with Crippen molar-refractivity contribution in [2.75, 3.05) is 16.8 Å². The van der Waals surface area contributed by atoms with Crippen LogP contribution in [0.1, 0.15) is 18.1 Å². The van der Waals surface area contributed by atoms with Crippen LogP contribution >= 0.6 is 23.2 Å². The summed E-state index contributed by atoms with van der Waals surface area (Å²) in [6.07, 6.45) is 0. The first-order valence-corrected chi connectivity index (χ1v) is 8.14. The number of aryl methyl sites for hydroxylation is 2. The summed E-state index contributed by atoms with van der Waals surface area (Å²) in [5.74, 6) is -0.606. The maximum Gasteiger partial charge on any atom is 0.244 e. The van der Waals surface area contributed by atoms with Gasteiger partial charge < -0.3 is 10.2 Å². The predicted octanol–water partition coefficient (Wildman–Crippen LogP) is 4.60. The molecule has 1 N–H and O–H groups in total. The molecule has 2 aromatic rings. The molecule has 0 unspecified atom stereocenters. The van der Waals surface area contributed by atoms with E-state index in [1.165, 1.54) is 11.8 Å². The number of halogens is 2. The molecule has 0 aliphatic rings. The van der Waals surface area contributed by atoms with Crippen molar-refractivity contribution >= 4 is 46.4 Å². The molecule has 0 aromatic heterocycles. The van der Waals surface area contributed by atoms with Gasteiger partial charge >= 0.3 is 0 Å². The molecule has 2 rings (SSSR count). The van der Waals surface area contributed by atoms with Gasteiger partial charge in [0.2, 0.25) is 11.8 Å². The highest BCUT2D eigenvalue weighted by molar-refractivity contribution is 6.44. The van der Waals surface area contributed by atoms with Gasteiger partial charge in [0.25, 0.3) is 0 Å². The minimum Gasteiger partial charge on any atom is -0.324 e. The molecule has 6 heteroatoms. The van der Waals surface area contributed by atoms with E-state index >= 15 is 0 Å². The summed E-state index contributed by atoms with van der Waals surface area (Å²) in [6.45, 7) is 5.08. The molecule has 0 aliphatic heterocycles. The average Bonchev–Trinajstić information content (AvgIpc) is 2.51. The van der Waals surface area contributed by atoms with Crippen LogP contribution in [0.4, 0.5) is 11.4 Å².